The van der Waals surface area contributed by atoms with Crippen molar-refractivity contribution in [1.82, 2.24) is 9.88 Å². The van der Waals surface area contributed by atoms with Gasteiger partial charge in [0.25, 0.3) is 11.8 Å². The third-order valence-corrected chi connectivity index (χ3v) is 5.32. The van der Waals surface area contributed by atoms with E-state index in [0.29, 0.717) is 31.1 Å². The highest BCUT2D eigenvalue weighted by Gasteiger charge is 2.25. The maximum atomic E-state index is 13.1. The van der Waals surface area contributed by atoms with Crippen molar-refractivity contribution in [2.75, 3.05) is 36.4 Å². The second kappa shape index (κ2) is 7.81. The number of nitrogens with one attached hydrogen (secondary N) is 1. The van der Waals surface area contributed by atoms with Gasteiger partial charge < -0.3 is 14.2 Å². The molecular formula is C19H17FN4O3S. The zero-order valence-electron chi connectivity index (χ0n) is 14.8. The van der Waals surface area contributed by atoms with Gasteiger partial charge in [0.2, 0.25) is 0 Å². The third-order valence-electron chi connectivity index (χ3n) is 4.45. The Morgan fingerprint density at radius 1 is 1.11 bits per heavy atom. The van der Waals surface area contributed by atoms with Gasteiger partial charge in [0.05, 0.1) is 4.88 Å². The van der Waals surface area contributed by atoms with Crippen LogP contribution in [-0.2, 0) is 0 Å². The summed E-state index contributed by atoms with van der Waals surface area (Å²) in [6.45, 7) is 2.30. The highest BCUT2D eigenvalue weighted by molar-refractivity contribution is 7.12. The molecule has 3 heterocycles. The second-order valence-electron chi connectivity index (χ2n) is 6.22. The lowest BCUT2D eigenvalue weighted by Crippen LogP contribution is -2.48. The molecule has 1 aliphatic rings. The lowest BCUT2D eigenvalue weighted by molar-refractivity contribution is 0.0740. The van der Waals surface area contributed by atoms with Crippen molar-refractivity contribution in [3.63, 3.8) is 0 Å². The molecule has 0 saturated carbocycles. The first-order valence-electron chi connectivity index (χ1n) is 8.70. The van der Waals surface area contributed by atoms with Gasteiger partial charge in [-0.2, -0.15) is 4.98 Å². The number of thiophene rings is 1. The summed E-state index contributed by atoms with van der Waals surface area (Å²) in [6, 6.07) is 9.76. The topological polar surface area (TPSA) is 78.7 Å². The molecule has 28 heavy (non-hydrogen) atoms. The van der Waals surface area contributed by atoms with Gasteiger partial charge in [-0.05, 0) is 35.7 Å². The van der Waals surface area contributed by atoms with Crippen LogP contribution in [0.1, 0.15) is 20.2 Å². The summed E-state index contributed by atoms with van der Waals surface area (Å²) in [5.74, 6) is -0.853. The number of aromatic nitrogens is 1. The summed E-state index contributed by atoms with van der Waals surface area (Å²) >= 11 is 1.30. The summed E-state index contributed by atoms with van der Waals surface area (Å²) in [7, 11) is 0. The van der Waals surface area contributed by atoms with Crippen LogP contribution in [0.3, 0.4) is 0 Å². The van der Waals surface area contributed by atoms with Gasteiger partial charge in [-0.15, -0.1) is 11.3 Å². The van der Waals surface area contributed by atoms with Crippen molar-refractivity contribution in [2.24, 2.45) is 0 Å². The average molecular weight is 400 g/mol. The van der Waals surface area contributed by atoms with Crippen molar-refractivity contribution < 1.29 is 18.4 Å². The molecule has 3 aromatic rings. The minimum absolute atomic E-state index is 0.00769. The van der Waals surface area contributed by atoms with Crippen LogP contribution in [0.5, 0.6) is 0 Å². The van der Waals surface area contributed by atoms with Crippen LogP contribution >= 0.6 is 11.3 Å². The number of benzene rings is 1. The summed E-state index contributed by atoms with van der Waals surface area (Å²) < 4.78 is 18.3. The Hall–Kier alpha value is -3.20. The quantitative estimate of drug-likeness (QED) is 0.728. The minimum Gasteiger partial charge on any atom is -0.431 e. The van der Waals surface area contributed by atoms with Crippen molar-refractivity contribution in [3.05, 3.63) is 64.4 Å². The number of carbonyl (C=O) groups excluding carboxylic acids is 2. The number of anilines is 2. The molecule has 1 N–H and O–H groups in total. The number of nitrogens with zero attached hydrogens (tertiary/aromatic N) is 3. The van der Waals surface area contributed by atoms with Gasteiger partial charge in [-0.3, -0.25) is 14.9 Å². The van der Waals surface area contributed by atoms with E-state index in [1.165, 1.54) is 29.7 Å². The molecule has 1 aliphatic heterocycles. The molecule has 0 spiro atoms. The minimum atomic E-state index is -0.330. The second-order valence-corrected chi connectivity index (χ2v) is 7.17. The third kappa shape index (κ3) is 3.89. The van der Waals surface area contributed by atoms with Gasteiger partial charge >= 0.3 is 6.01 Å². The molecule has 7 nitrogen and oxygen atoms in total. The highest BCUT2D eigenvalue weighted by atomic mass is 32.1. The predicted molar refractivity (Wildman–Crippen MR) is 103 cm³/mol. The summed E-state index contributed by atoms with van der Waals surface area (Å²) in [5.41, 5.74) is 1.07. The fourth-order valence-electron chi connectivity index (χ4n) is 2.98. The van der Waals surface area contributed by atoms with Crippen LogP contribution < -0.4 is 10.2 Å². The Morgan fingerprint density at radius 2 is 1.86 bits per heavy atom. The van der Waals surface area contributed by atoms with Gasteiger partial charge in [-0.25, -0.2) is 4.39 Å². The van der Waals surface area contributed by atoms with Crippen LogP contribution in [0.2, 0.25) is 0 Å². The lowest BCUT2D eigenvalue weighted by Gasteiger charge is -2.35. The summed E-state index contributed by atoms with van der Waals surface area (Å²) in [4.78, 5) is 33.1. The van der Waals surface area contributed by atoms with E-state index in [1.54, 1.807) is 34.5 Å². The number of oxazole rings is 1. The maximum Gasteiger partial charge on any atom is 0.302 e. The van der Waals surface area contributed by atoms with Crippen LogP contribution in [0, 0.1) is 5.82 Å². The molecule has 2 amide bonds. The fourth-order valence-corrected chi connectivity index (χ4v) is 3.60. The van der Waals surface area contributed by atoms with Crippen LogP contribution in [0.15, 0.2) is 52.5 Å². The first kappa shape index (κ1) is 18.2. The molecule has 9 heteroatoms. The average Bonchev–Trinajstić information content (AvgIpc) is 3.40. The fraction of sp³-hybridized carbons (Fsp3) is 0.211. The molecule has 0 atom stereocenters. The number of rotatable bonds is 4. The SMILES string of the molecule is O=C(Nc1nc(C(=O)N2CCN(c3ccc(F)cc3)CC2)co1)c1cccs1. The van der Waals surface area contributed by atoms with Crippen molar-refractivity contribution in [3.8, 4) is 0 Å². The zero-order valence-corrected chi connectivity index (χ0v) is 15.6. The first-order valence-corrected chi connectivity index (χ1v) is 9.58. The van der Waals surface area contributed by atoms with Crippen LogP contribution in [-0.4, -0.2) is 47.9 Å². The molecule has 2 aromatic heterocycles. The molecule has 4 rings (SSSR count). The van der Waals surface area contributed by atoms with E-state index in [2.05, 4.69) is 15.2 Å². The monoisotopic (exact) mass is 400 g/mol. The van der Waals surface area contributed by atoms with Gasteiger partial charge in [0.15, 0.2) is 5.69 Å². The molecule has 144 valence electrons. The summed E-state index contributed by atoms with van der Waals surface area (Å²) in [6.07, 6.45) is 1.25. The molecule has 1 saturated heterocycles. The normalized spacial score (nSPS) is 14.2. The van der Waals surface area contributed by atoms with Gasteiger partial charge in [-0.1, -0.05) is 6.07 Å². The Bertz CT molecular complexity index is 963. The Labute approximate surface area is 164 Å². The molecule has 0 aliphatic carbocycles. The molecule has 1 fully saturated rings. The smallest absolute Gasteiger partial charge is 0.302 e. The van der Waals surface area contributed by atoms with E-state index < -0.39 is 0 Å². The number of piperazine rings is 1. The van der Waals surface area contributed by atoms with E-state index in [0.717, 1.165) is 5.69 Å². The number of hydrogen-bond acceptors (Lipinski definition) is 6. The predicted octanol–water partition coefficient (Wildman–Crippen LogP) is 3.09. The number of halogens is 1. The molecule has 1 aromatic carbocycles. The van der Waals surface area contributed by atoms with Crippen LogP contribution in [0.25, 0.3) is 0 Å². The van der Waals surface area contributed by atoms with Crippen molar-refractivity contribution in [2.45, 2.75) is 0 Å². The lowest BCUT2D eigenvalue weighted by atomic mass is 10.2. The van der Waals surface area contributed by atoms with Crippen molar-refractivity contribution in [1.29, 1.82) is 0 Å². The van der Waals surface area contributed by atoms with E-state index in [1.807, 2.05) is 0 Å². The number of amides is 2. The molecular weight excluding hydrogens is 383 g/mol. The zero-order chi connectivity index (χ0) is 19.5. The first-order chi connectivity index (χ1) is 13.6. The Kier molecular flexibility index (Phi) is 5.07. The Morgan fingerprint density at radius 3 is 2.54 bits per heavy atom. The van der Waals surface area contributed by atoms with E-state index in [9.17, 15) is 14.0 Å². The van der Waals surface area contributed by atoms with E-state index >= 15 is 0 Å². The van der Waals surface area contributed by atoms with Crippen LogP contribution in [0.4, 0.5) is 16.1 Å². The molecule has 0 radical (unpaired) electrons. The van der Waals surface area contributed by atoms with E-state index in [4.69, 9.17) is 4.42 Å². The molecule has 0 unspecified atom stereocenters. The number of carbonyl (C=O) groups is 2. The van der Waals surface area contributed by atoms with Crippen molar-refractivity contribution >= 4 is 34.9 Å². The maximum absolute atomic E-state index is 13.1. The van der Waals surface area contributed by atoms with Gasteiger partial charge in [0, 0.05) is 31.9 Å². The van der Waals surface area contributed by atoms with E-state index in [-0.39, 0.29) is 29.3 Å². The Balaban J connectivity index is 1.35. The largest absolute Gasteiger partial charge is 0.431 e. The number of hydrogen-bond donors (Lipinski definition) is 1. The summed E-state index contributed by atoms with van der Waals surface area (Å²) in [5, 5.41) is 4.34. The van der Waals surface area contributed by atoms with Gasteiger partial charge in [0.1, 0.15) is 12.1 Å². The highest BCUT2D eigenvalue weighted by Crippen LogP contribution is 2.19. The standard InChI is InChI=1S/C19H17FN4O3S/c20-13-3-5-14(6-4-13)23-7-9-24(10-8-23)18(26)15-12-27-19(21-15)22-17(25)16-2-1-11-28-16/h1-6,11-12H,7-10H2,(H,21,22,25). The molecule has 0 bridgehead atoms.